The van der Waals surface area contributed by atoms with E-state index in [0.29, 0.717) is 13.2 Å². The number of hydrogen-bond acceptors (Lipinski definition) is 4. The molecule has 19 heavy (non-hydrogen) atoms. The van der Waals surface area contributed by atoms with Gasteiger partial charge in [-0.25, -0.2) is 9.18 Å². The Balaban J connectivity index is 3.22. The van der Waals surface area contributed by atoms with Crippen molar-refractivity contribution in [1.82, 2.24) is 0 Å². The summed E-state index contributed by atoms with van der Waals surface area (Å²) in [6, 6.07) is 2.32. The van der Waals surface area contributed by atoms with Gasteiger partial charge in [-0.15, -0.1) is 0 Å². The Morgan fingerprint density at radius 3 is 2.63 bits per heavy atom. The summed E-state index contributed by atoms with van der Waals surface area (Å²) in [4.78, 5) is 12.8. The second-order valence-corrected chi connectivity index (χ2v) is 4.48. The first kappa shape index (κ1) is 15.2. The summed E-state index contributed by atoms with van der Waals surface area (Å²) in [5.41, 5.74) is 5.55. The molecule has 1 aromatic rings. The Bertz CT molecular complexity index is 463. The molecule has 1 aromatic carbocycles. The number of aromatic carboxylic acids is 1. The number of carboxylic acid groups (broad SMARTS) is 1. The van der Waals surface area contributed by atoms with E-state index in [9.17, 15) is 9.18 Å². The Morgan fingerprint density at radius 1 is 1.53 bits per heavy atom. The third kappa shape index (κ3) is 3.57. The van der Waals surface area contributed by atoms with Crippen LogP contribution in [0.1, 0.15) is 24.2 Å². The van der Waals surface area contributed by atoms with Crippen molar-refractivity contribution in [2.75, 3.05) is 30.9 Å². The van der Waals surface area contributed by atoms with Gasteiger partial charge >= 0.3 is 5.97 Å². The summed E-state index contributed by atoms with van der Waals surface area (Å²) in [5, 5.41) is 9.03. The second kappa shape index (κ2) is 6.38. The molecule has 0 aliphatic heterocycles. The van der Waals surface area contributed by atoms with Crippen molar-refractivity contribution in [3.63, 3.8) is 0 Å². The van der Waals surface area contributed by atoms with Gasteiger partial charge in [-0.1, -0.05) is 0 Å². The third-order valence-electron chi connectivity index (χ3n) is 2.82. The van der Waals surface area contributed by atoms with E-state index in [4.69, 9.17) is 15.6 Å². The van der Waals surface area contributed by atoms with Gasteiger partial charge in [0.05, 0.1) is 17.9 Å². The molecule has 3 N–H and O–H groups in total. The first-order valence-electron chi connectivity index (χ1n) is 5.96. The minimum absolute atomic E-state index is 0.00918. The monoisotopic (exact) mass is 270 g/mol. The molecule has 5 nitrogen and oxygen atoms in total. The normalized spacial score (nSPS) is 10.8. The largest absolute Gasteiger partial charge is 0.478 e. The zero-order valence-corrected chi connectivity index (χ0v) is 11.3. The van der Waals surface area contributed by atoms with Gasteiger partial charge in [0.15, 0.2) is 0 Å². The summed E-state index contributed by atoms with van der Waals surface area (Å²) < 4.78 is 19.0. The Hall–Kier alpha value is -1.82. The van der Waals surface area contributed by atoms with E-state index >= 15 is 0 Å². The molecule has 0 spiro atoms. The van der Waals surface area contributed by atoms with Gasteiger partial charge < -0.3 is 20.5 Å². The lowest BCUT2D eigenvalue weighted by Crippen LogP contribution is -2.34. The molecule has 0 bridgehead atoms. The second-order valence-electron chi connectivity index (χ2n) is 4.48. The molecule has 0 amide bonds. The van der Waals surface area contributed by atoms with Gasteiger partial charge in [0.25, 0.3) is 0 Å². The van der Waals surface area contributed by atoms with E-state index in [1.54, 1.807) is 12.0 Å². The molecular weight excluding hydrogens is 251 g/mol. The maximum Gasteiger partial charge on any atom is 0.337 e. The smallest absolute Gasteiger partial charge is 0.337 e. The Morgan fingerprint density at radius 2 is 2.16 bits per heavy atom. The highest BCUT2D eigenvalue weighted by Crippen LogP contribution is 2.27. The fourth-order valence-corrected chi connectivity index (χ4v) is 1.83. The summed E-state index contributed by atoms with van der Waals surface area (Å²) in [7, 11) is 1.56. The number of methoxy groups -OCH3 is 1. The maximum atomic E-state index is 14.0. The predicted molar refractivity (Wildman–Crippen MR) is 72.1 cm³/mol. The van der Waals surface area contributed by atoms with E-state index < -0.39 is 11.8 Å². The van der Waals surface area contributed by atoms with Crippen molar-refractivity contribution in [2.24, 2.45) is 0 Å². The van der Waals surface area contributed by atoms with Crippen LogP contribution >= 0.6 is 0 Å². The van der Waals surface area contributed by atoms with Gasteiger partial charge in [0.2, 0.25) is 0 Å². The zero-order valence-electron chi connectivity index (χ0n) is 11.3. The molecule has 0 saturated heterocycles. The van der Waals surface area contributed by atoms with Gasteiger partial charge in [0.1, 0.15) is 5.82 Å². The van der Waals surface area contributed by atoms with E-state index in [-0.39, 0.29) is 23.0 Å². The predicted octanol–water partition coefficient (Wildman–Crippen LogP) is 1.97. The summed E-state index contributed by atoms with van der Waals surface area (Å²) >= 11 is 0. The molecule has 0 fully saturated rings. The van der Waals surface area contributed by atoms with E-state index in [1.165, 1.54) is 6.07 Å². The average Bonchev–Trinajstić information content (AvgIpc) is 2.30. The molecule has 0 aromatic heterocycles. The van der Waals surface area contributed by atoms with Crippen LogP contribution in [0.5, 0.6) is 0 Å². The van der Waals surface area contributed by atoms with Crippen LogP contribution in [0.3, 0.4) is 0 Å². The standard InChI is InChI=1S/C13H19FN2O3/c1-8(2)16(4-5-19-3)12-6-9(13(17)18)11(15)7-10(12)14/h6-8H,4-5,15H2,1-3H3,(H,17,18). The number of nitrogens with two attached hydrogens (primary N) is 1. The molecule has 0 radical (unpaired) electrons. The molecule has 0 heterocycles. The number of anilines is 2. The van der Waals surface area contributed by atoms with Crippen molar-refractivity contribution in [3.05, 3.63) is 23.5 Å². The number of nitrogens with zero attached hydrogens (tertiary/aromatic N) is 1. The van der Waals surface area contributed by atoms with Crippen LogP contribution in [-0.2, 0) is 4.74 Å². The zero-order chi connectivity index (χ0) is 14.6. The van der Waals surface area contributed by atoms with Crippen LogP contribution in [-0.4, -0.2) is 37.4 Å². The number of hydrogen-bond donors (Lipinski definition) is 2. The van der Waals surface area contributed by atoms with Crippen molar-refractivity contribution in [3.8, 4) is 0 Å². The molecule has 6 heteroatoms. The van der Waals surface area contributed by atoms with Crippen LogP contribution in [0.4, 0.5) is 15.8 Å². The van der Waals surface area contributed by atoms with Crippen molar-refractivity contribution < 1.29 is 19.0 Å². The Kier molecular flexibility index (Phi) is 5.11. The van der Waals surface area contributed by atoms with Crippen molar-refractivity contribution >= 4 is 17.3 Å². The van der Waals surface area contributed by atoms with Crippen LogP contribution < -0.4 is 10.6 Å². The quantitative estimate of drug-likeness (QED) is 0.773. The fraction of sp³-hybridized carbons (Fsp3) is 0.462. The lowest BCUT2D eigenvalue weighted by Gasteiger charge is -2.29. The summed E-state index contributed by atoms with van der Waals surface area (Å²) in [6.07, 6.45) is 0. The molecule has 0 atom stereocenters. The number of ether oxygens (including phenoxy) is 1. The SMILES string of the molecule is COCCN(c1cc(C(=O)O)c(N)cc1F)C(C)C. The van der Waals surface area contributed by atoms with Crippen LogP contribution in [0.2, 0.25) is 0 Å². The van der Waals surface area contributed by atoms with Gasteiger partial charge in [-0.2, -0.15) is 0 Å². The first-order valence-corrected chi connectivity index (χ1v) is 5.96. The average molecular weight is 270 g/mol. The third-order valence-corrected chi connectivity index (χ3v) is 2.82. The van der Waals surface area contributed by atoms with Crippen molar-refractivity contribution in [2.45, 2.75) is 19.9 Å². The van der Waals surface area contributed by atoms with E-state index in [2.05, 4.69) is 0 Å². The number of halogens is 1. The maximum absolute atomic E-state index is 14.0. The lowest BCUT2D eigenvalue weighted by molar-refractivity contribution is 0.0698. The number of rotatable bonds is 6. The van der Waals surface area contributed by atoms with E-state index in [1.807, 2.05) is 13.8 Å². The van der Waals surface area contributed by atoms with Gasteiger partial charge in [-0.05, 0) is 26.0 Å². The first-order chi connectivity index (χ1) is 8.88. The fourth-order valence-electron chi connectivity index (χ4n) is 1.83. The summed E-state index contributed by atoms with van der Waals surface area (Å²) in [6.45, 7) is 4.68. The number of carbonyl (C=O) groups is 1. The van der Waals surface area contributed by atoms with E-state index in [0.717, 1.165) is 6.07 Å². The highest BCUT2D eigenvalue weighted by Gasteiger charge is 2.19. The van der Waals surface area contributed by atoms with Crippen LogP contribution in [0.15, 0.2) is 12.1 Å². The van der Waals surface area contributed by atoms with Crippen LogP contribution in [0, 0.1) is 5.82 Å². The topological polar surface area (TPSA) is 75.8 Å². The number of benzene rings is 1. The molecule has 1 rings (SSSR count). The Labute approximate surface area is 111 Å². The number of nitrogen functional groups attached to an aromatic ring is 1. The minimum Gasteiger partial charge on any atom is -0.478 e. The molecule has 0 saturated carbocycles. The highest BCUT2D eigenvalue weighted by molar-refractivity contribution is 5.95. The van der Waals surface area contributed by atoms with Crippen LogP contribution in [0.25, 0.3) is 0 Å². The molecular formula is C13H19FN2O3. The van der Waals surface area contributed by atoms with Gasteiger partial charge in [0, 0.05) is 25.4 Å². The number of carboxylic acids is 1. The molecule has 0 unspecified atom stereocenters. The summed E-state index contributed by atoms with van der Waals surface area (Å²) in [5.74, 6) is -1.71. The molecule has 0 aliphatic rings. The molecule has 106 valence electrons. The minimum atomic E-state index is -1.17. The highest BCUT2D eigenvalue weighted by atomic mass is 19.1. The van der Waals surface area contributed by atoms with Gasteiger partial charge in [-0.3, -0.25) is 0 Å². The molecule has 0 aliphatic carbocycles. The van der Waals surface area contributed by atoms with Crippen molar-refractivity contribution in [1.29, 1.82) is 0 Å². The lowest BCUT2D eigenvalue weighted by atomic mass is 10.1.